The lowest BCUT2D eigenvalue weighted by Gasteiger charge is -2.69. The van der Waals surface area contributed by atoms with Crippen LogP contribution in [0.4, 0.5) is 0 Å². The maximum atomic E-state index is 10.0. The molecule has 15 heavy (non-hydrogen) atoms. The van der Waals surface area contributed by atoms with E-state index in [1.165, 1.54) is 0 Å². The van der Waals surface area contributed by atoms with Crippen molar-refractivity contribution >= 4 is 0 Å². The molecule has 5 nitrogen and oxygen atoms in total. The number of hydrogen-bond acceptors (Lipinski definition) is 5. The van der Waals surface area contributed by atoms with Gasteiger partial charge in [0.2, 0.25) is 0 Å². The number of rotatable bonds is 2. The molecule has 88 valence electrons. The van der Waals surface area contributed by atoms with Crippen molar-refractivity contribution in [1.82, 2.24) is 0 Å². The van der Waals surface area contributed by atoms with Gasteiger partial charge in [0.25, 0.3) is 0 Å². The van der Waals surface area contributed by atoms with E-state index in [4.69, 9.17) is 0 Å². The SMILES string of the molecule is CC(C)[C@H](O)[C@@H]1C(O)C2[C@H](O)C(O)C21O. The van der Waals surface area contributed by atoms with Crippen molar-refractivity contribution in [3.8, 4) is 0 Å². The van der Waals surface area contributed by atoms with Crippen LogP contribution in [0.5, 0.6) is 0 Å². The molecule has 2 saturated carbocycles. The first kappa shape index (κ1) is 11.3. The molecule has 2 rings (SSSR count). The molecule has 5 N–H and O–H groups in total. The van der Waals surface area contributed by atoms with Gasteiger partial charge in [-0.3, -0.25) is 0 Å². The van der Waals surface area contributed by atoms with Crippen molar-refractivity contribution in [3.63, 3.8) is 0 Å². The Kier molecular flexibility index (Phi) is 2.37. The summed E-state index contributed by atoms with van der Waals surface area (Å²) in [6.45, 7) is 3.55. The zero-order chi connectivity index (χ0) is 11.5. The van der Waals surface area contributed by atoms with Gasteiger partial charge in [-0.25, -0.2) is 0 Å². The minimum atomic E-state index is -1.51. The van der Waals surface area contributed by atoms with E-state index in [0.29, 0.717) is 0 Å². The van der Waals surface area contributed by atoms with E-state index in [2.05, 4.69) is 0 Å². The smallest absolute Gasteiger partial charge is 0.110 e. The molecular formula is C10H18O5. The molecule has 4 unspecified atom stereocenters. The summed E-state index contributed by atoms with van der Waals surface area (Å²) in [6.07, 6.45) is -4.15. The van der Waals surface area contributed by atoms with Gasteiger partial charge in [-0.1, -0.05) is 13.8 Å². The fourth-order valence-electron chi connectivity index (χ4n) is 2.99. The van der Waals surface area contributed by atoms with E-state index in [1.54, 1.807) is 13.8 Å². The first-order valence-corrected chi connectivity index (χ1v) is 5.28. The van der Waals surface area contributed by atoms with Crippen LogP contribution in [0, 0.1) is 17.8 Å². The average molecular weight is 218 g/mol. The van der Waals surface area contributed by atoms with Crippen LogP contribution in [-0.2, 0) is 0 Å². The Morgan fingerprint density at radius 3 is 2.07 bits per heavy atom. The van der Waals surface area contributed by atoms with E-state index in [1.807, 2.05) is 0 Å². The molecule has 2 fully saturated rings. The molecule has 2 aliphatic rings. The molecule has 0 radical (unpaired) electrons. The highest BCUT2D eigenvalue weighted by Crippen LogP contribution is 2.59. The summed E-state index contributed by atoms with van der Waals surface area (Å²) < 4.78 is 0. The highest BCUT2D eigenvalue weighted by molar-refractivity contribution is 5.27. The Morgan fingerprint density at radius 1 is 1.07 bits per heavy atom. The second kappa shape index (κ2) is 3.15. The van der Waals surface area contributed by atoms with Gasteiger partial charge in [0, 0.05) is 11.8 Å². The molecule has 0 aliphatic heterocycles. The van der Waals surface area contributed by atoms with Gasteiger partial charge >= 0.3 is 0 Å². The average Bonchev–Trinajstić information content (AvgIpc) is 2.16. The highest BCUT2D eigenvalue weighted by atomic mass is 16.4. The molecule has 0 heterocycles. The minimum absolute atomic E-state index is 0.112. The van der Waals surface area contributed by atoms with Crippen molar-refractivity contribution in [3.05, 3.63) is 0 Å². The third kappa shape index (κ3) is 1.10. The molecule has 0 bridgehead atoms. The number of aliphatic hydroxyl groups excluding tert-OH is 4. The Labute approximate surface area is 88.0 Å². The van der Waals surface area contributed by atoms with E-state index in [0.717, 1.165) is 0 Å². The van der Waals surface area contributed by atoms with Crippen molar-refractivity contribution in [2.75, 3.05) is 0 Å². The largest absolute Gasteiger partial charge is 0.392 e. The molecule has 5 heteroatoms. The van der Waals surface area contributed by atoms with E-state index < -0.39 is 41.9 Å². The predicted molar refractivity (Wildman–Crippen MR) is 50.8 cm³/mol. The van der Waals surface area contributed by atoms with Crippen molar-refractivity contribution < 1.29 is 25.5 Å². The Hall–Kier alpha value is -0.200. The second-order valence-electron chi connectivity index (χ2n) is 5.10. The van der Waals surface area contributed by atoms with Crippen LogP contribution in [0.3, 0.4) is 0 Å². The highest BCUT2D eigenvalue weighted by Gasteiger charge is 2.77. The van der Waals surface area contributed by atoms with Gasteiger partial charge < -0.3 is 25.5 Å². The monoisotopic (exact) mass is 218 g/mol. The molecule has 7 atom stereocenters. The number of hydrogen-bond donors (Lipinski definition) is 5. The standard InChI is InChI=1S/C10H18O5/c1-3(2)6(11)4-7(12)5-8(13)9(14)10(4,5)15/h3-9,11-15H,1-2H3/t4-,5?,6+,7?,8+,9?,10?/m1/s1. The first-order chi connectivity index (χ1) is 6.83. The molecule has 0 amide bonds. The van der Waals surface area contributed by atoms with Gasteiger partial charge in [0.15, 0.2) is 0 Å². The predicted octanol–water partition coefficient (Wildman–Crippen LogP) is -1.92. The molecule has 0 saturated heterocycles. The van der Waals surface area contributed by atoms with Crippen LogP contribution >= 0.6 is 0 Å². The van der Waals surface area contributed by atoms with Gasteiger partial charge in [-0.15, -0.1) is 0 Å². The number of fused-ring (bicyclic) bond motifs is 1. The third-order valence-corrected chi connectivity index (χ3v) is 4.02. The summed E-state index contributed by atoms with van der Waals surface area (Å²) in [4.78, 5) is 0. The third-order valence-electron chi connectivity index (χ3n) is 4.02. The van der Waals surface area contributed by atoms with Crippen LogP contribution in [0.15, 0.2) is 0 Å². The fourth-order valence-corrected chi connectivity index (χ4v) is 2.99. The summed E-state index contributed by atoms with van der Waals surface area (Å²) in [5.41, 5.74) is -1.51. The van der Waals surface area contributed by atoms with Crippen molar-refractivity contribution in [1.29, 1.82) is 0 Å². The minimum Gasteiger partial charge on any atom is -0.392 e. The first-order valence-electron chi connectivity index (χ1n) is 5.28. The Balaban J connectivity index is 2.16. The number of aliphatic hydroxyl groups is 5. The lowest BCUT2D eigenvalue weighted by molar-refractivity contribution is -0.392. The van der Waals surface area contributed by atoms with Gasteiger partial charge in [-0.2, -0.15) is 0 Å². The second-order valence-corrected chi connectivity index (χ2v) is 5.10. The lowest BCUT2D eigenvalue weighted by Crippen LogP contribution is -2.87. The quantitative estimate of drug-likeness (QED) is 0.372. The zero-order valence-electron chi connectivity index (χ0n) is 8.78. The van der Waals surface area contributed by atoms with Gasteiger partial charge in [0.1, 0.15) is 11.7 Å². The maximum Gasteiger partial charge on any atom is 0.110 e. The van der Waals surface area contributed by atoms with Crippen LogP contribution in [0.2, 0.25) is 0 Å². The van der Waals surface area contributed by atoms with Crippen LogP contribution < -0.4 is 0 Å². The Bertz CT molecular complexity index is 269. The molecule has 0 aromatic carbocycles. The Morgan fingerprint density at radius 2 is 1.60 bits per heavy atom. The van der Waals surface area contributed by atoms with Crippen molar-refractivity contribution in [2.24, 2.45) is 17.8 Å². The summed E-state index contributed by atoms with van der Waals surface area (Å²) >= 11 is 0. The molecular weight excluding hydrogens is 200 g/mol. The van der Waals surface area contributed by atoms with E-state index in [-0.39, 0.29) is 5.92 Å². The maximum absolute atomic E-state index is 10.0. The summed E-state index contributed by atoms with van der Waals surface area (Å²) in [7, 11) is 0. The van der Waals surface area contributed by atoms with Gasteiger partial charge in [-0.05, 0) is 5.92 Å². The molecule has 0 aromatic heterocycles. The van der Waals surface area contributed by atoms with Crippen molar-refractivity contribution in [2.45, 2.75) is 43.9 Å². The summed E-state index contributed by atoms with van der Waals surface area (Å²) in [6, 6.07) is 0. The van der Waals surface area contributed by atoms with Crippen LogP contribution in [0.25, 0.3) is 0 Å². The van der Waals surface area contributed by atoms with E-state index in [9.17, 15) is 25.5 Å². The fraction of sp³-hybridized carbons (Fsp3) is 1.00. The summed E-state index contributed by atoms with van der Waals surface area (Å²) in [5, 5.41) is 48.3. The lowest BCUT2D eigenvalue weighted by atomic mass is 9.43. The topological polar surface area (TPSA) is 101 Å². The van der Waals surface area contributed by atoms with Crippen LogP contribution in [0.1, 0.15) is 13.8 Å². The summed E-state index contributed by atoms with van der Waals surface area (Å²) in [5.74, 6) is -1.59. The van der Waals surface area contributed by atoms with Crippen LogP contribution in [-0.4, -0.2) is 55.5 Å². The van der Waals surface area contributed by atoms with Gasteiger partial charge in [0.05, 0.1) is 18.3 Å². The normalized spacial score (nSPS) is 55.6. The van der Waals surface area contributed by atoms with E-state index >= 15 is 0 Å². The molecule has 2 aliphatic carbocycles. The molecule has 0 spiro atoms. The zero-order valence-corrected chi connectivity index (χ0v) is 8.78. The molecule has 0 aromatic rings.